The maximum Gasteiger partial charge on any atom is 0.387 e. The second-order valence-electron chi connectivity index (χ2n) is 4.19. The van der Waals surface area contributed by atoms with Crippen molar-refractivity contribution in [3.63, 3.8) is 0 Å². The first-order valence-corrected chi connectivity index (χ1v) is 5.90. The molecule has 1 atom stereocenters. The number of amides is 1. The van der Waals surface area contributed by atoms with Gasteiger partial charge in [-0.1, -0.05) is 18.2 Å². The Kier molecular flexibility index (Phi) is 5.69. The number of nitrogens with one attached hydrogen (secondary N) is 1. The smallest absolute Gasteiger partial charge is 0.387 e. The lowest BCUT2D eigenvalue weighted by molar-refractivity contribution is -0.125. The Morgan fingerprint density at radius 1 is 1.42 bits per heavy atom. The lowest BCUT2D eigenvalue weighted by Crippen LogP contribution is -2.41. The minimum atomic E-state index is -2.86. The van der Waals surface area contributed by atoms with E-state index in [1.54, 1.807) is 44.1 Å². The van der Waals surface area contributed by atoms with Crippen LogP contribution in [0, 0.1) is 0 Å². The third-order valence-electron chi connectivity index (χ3n) is 2.90. The molecule has 1 rings (SSSR count). The summed E-state index contributed by atoms with van der Waals surface area (Å²) in [6.07, 6.45) is 0. The van der Waals surface area contributed by atoms with Crippen molar-refractivity contribution in [3.8, 4) is 5.75 Å². The maximum absolute atomic E-state index is 12.3. The summed E-state index contributed by atoms with van der Waals surface area (Å²) in [5.74, 6) is 0.00298. The number of nitrogens with zero attached hydrogens (tertiary/aromatic N) is 1. The van der Waals surface area contributed by atoms with E-state index in [-0.39, 0.29) is 17.7 Å². The van der Waals surface area contributed by atoms with E-state index in [1.165, 1.54) is 6.07 Å². The van der Waals surface area contributed by atoms with E-state index in [9.17, 15) is 13.6 Å². The van der Waals surface area contributed by atoms with Crippen LogP contribution in [0.2, 0.25) is 0 Å². The number of benzene rings is 1. The molecule has 4 nitrogen and oxygen atoms in total. The summed E-state index contributed by atoms with van der Waals surface area (Å²) in [4.78, 5) is 13.3. The average molecular weight is 272 g/mol. The first-order chi connectivity index (χ1) is 8.95. The molecule has 0 aliphatic rings. The molecule has 0 spiro atoms. The number of alkyl halides is 2. The summed E-state index contributed by atoms with van der Waals surface area (Å²) in [6.45, 7) is -0.768. The maximum atomic E-state index is 12.3. The van der Waals surface area contributed by atoms with Gasteiger partial charge >= 0.3 is 6.61 Å². The summed E-state index contributed by atoms with van der Waals surface area (Å²) in [7, 11) is 3.31. The van der Waals surface area contributed by atoms with Crippen LogP contribution in [-0.2, 0) is 11.3 Å². The van der Waals surface area contributed by atoms with Crippen LogP contribution >= 0.6 is 0 Å². The monoisotopic (exact) mass is 272 g/mol. The van der Waals surface area contributed by atoms with Gasteiger partial charge in [0.05, 0.1) is 6.04 Å². The van der Waals surface area contributed by atoms with Gasteiger partial charge in [-0.2, -0.15) is 8.78 Å². The predicted octanol–water partition coefficient (Wildman–Crippen LogP) is 1.85. The molecule has 1 amide bonds. The second-order valence-corrected chi connectivity index (χ2v) is 4.19. The lowest BCUT2D eigenvalue weighted by Gasteiger charge is -2.24. The van der Waals surface area contributed by atoms with Crippen molar-refractivity contribution >= 4 is 5.91 Å². The highest BCUT2D eigenvalue weighted by Crippen LogP contribution is 2.22. The van der Waals surface area contributed by atoms with Crippen LogP contribution in [0.1, 0.15) is 12.5 Å². The summed E-state index contributed by atoms with van der Waals surface area (Å²) < 4.78 is 29.0. The number of likely N-dealkylation sites (N-methyl/N-ethyl adjacent to an activating group) is 2. The van der Waals surface area contributed by atoms with Crippen LogP contribution in [-0.4, -0.2) is 37.6 Å². The lowest BCUT2D eigenvalue weighted by atomic mass is 10.1. The minimum Gasteiger partial charge on any atom is -0.434 e. The van der Waals surface area contributed by atoms with E-state index in [0.717, 1.165) is 0 Å². The van der Waals surface area contributed by atoms with Gasteiger partial charge in [0.15, 0.2) is 0 Å². The van der Waals surface area contributed by atoms with E-state index in [1.807, 2.05) is 0 Å². The molecule has 1 aromatic carbocycles. The topological polar surface area (TPSA) is 41.6 Å². The molecule has 0 fully saturated rings. The summed E-state index contributed by atoms with van der Waals surface area (Å²) in [6, 6.07) is 6.20. The van der Waals surface area contributed by atoms with Crippen LogP contribution in [0.25, 0.3) is 0 Å². The Morgan fingerprint density at radius 2 is 2.05 bits per heavy atom. The van der Waals surface area contributed by atoms with Crippen molar-refractivity contribution in [1.29, 1.82) is 0 Å². The van der Waals surface area contributed by atoms with Crippen molar-refractivity contribution in [2.24, 2.45) is 0 Å². The zero-order valence-corrected chi connectivity index (χ0v) is 11.2. The van der Waals surface area contributed by atoms with Gasteiger partial charge in [-0.05, 0) is 20.0 Å². The van der Waals surface area contributed by atoms with Crippen molar-refractivity contribution < 1.29 is 18.3 Å². The molecule has 0 radical (unpaired) electrons. The molecule has 0 aromatic heterocycles. The summed E-state index contributed by atoms with van der Waals surface area (Å²) in [5, 5.41) is 2.55. The quantitative estimate of drug-likeness (QED) is 0.859. The molecular formula is C13H18F2N2O2. The molecule has 0 saturated heterocycles. The molecule has 1 aromatic rings. The Labute approximate surface area is 111 Å². The highest BCUT2D eigenvalue weighted by Gasteiger charge is 2.18. The zero-order valence-electron chi connectivity index (χ0n) is 11.2. The normalized spacial score (nSPS) is 12.6. The van der Waals surface area contributed by atoms with Gasteiger partial charge in [0.1, 0.15) is 5.75 Å². The number of para-hydroxylation sites is 1. The third kappa shape index (κ3) is 4.48. The molecule has 6 heteroatoms. The number of hydrogen-bond acceptors (Lipinski definition) is 3. The molecule has 0 heterocycles. The van der Waals surface area contributed by atoms with Crippen molar-refractivity contribution in [2.75, 3.05) is 14.1 Å². The summed E-state index contributed by atoms with van der Waals surface area (Å²) in [5.41, 5.74) is 0.612. The van der Waals surface area contributed by atoms with Gasteiger partial charge in [-0.3, -0.25) is 9.69 Å². The first-order valence-electron chi connectivity index (χ1n) is 5.90. The van der Waals surface area contributed by atoms with E-state index in [0.29, 0.717) is 12.1 Å². The van der Waals surface area contributed by atoms with E-state index in [2.05, 4.69) is 10.1 Å². The molecular weight excluding hydrogens is 254 g/mol. The molecule has 0 unspecified atom stereocenters. The first kappa shape index (κ1) is 15.4. The van der Waals surface area contributed by atoms with Gasteiger partial charge in [0.25, 0.3) is 0 Å². The largest absolute Gasteiger partial charge is 0.434 e. The number of rotatable bonds is 6. The average Bonchev–Trinajstić information content (AvgIpc) is 2.38. The highest BCUT2D eigenvalue weighted by atomic mass is 19.3. The van der Waals surface area contributed by atoms with Gasteiger partial charge in [-0.25, -0.2) is 0 Å². The SMILES string of the molecule is CNC(=O)[C@@H](C)N(C)Cc1ccccc1OC(F)F. The predicted molar refractivity (Wildman–Crippen MR) is 68.1 cm³/mol. The molecule has 0 saturated carbocycles. The molecule has 0 aliphatic heterocycles. The molecule has 1 N–H and O–H groups in total. The van der Waals surface area contributed by atoms with Gasteiger partial charge in [0.2, 0.25) is 5.91 Å². The Balaban J connectivity index is 2.78. The number of carbonyl (C=O) groups is 1. The van der Waals surface area contributed by atoms with Crippen LogP contribution in [0.5, 0.6) is 5.75 Å². The van der Waals surface area contributed by atoms with E-state index < -0.39 is 6.61 Å². The van der Waals surface area contributed by atoms with Crippen LogP contribution in [0.15, 0.2) is 24.3 Å². The van der Waals surface area contributed by atoms with Crippen LogP contribution in [0.4, 0.5) is 8.78 Å². The van der Waals surface area contributed by atoms with E-state index in [4.69, 9.17) is 0 Å². The molecule has 106 valence electrons. The molecule has 19 heavy (non-hydrogen) atoms. The fourth-order valence-corrected chi connectivity index (χ4v) is 1.66. The molecule has 0 bridgehead atoms. The van der Waals surface area contributed by atoms with E-state index >= 15 is 0 Å². The number of hydrogen-bond donors (Lipinski definition) is 1. The molecule has 0 aliphatic carbocycles. The Bertz CT molecular complexity index is 427. The Hall–Kier alpha value is -1.69. The highest BCUT2D eigenvalue weighted by molar-refractivity contribution is 5.80. The fraction of sp³-hybridized carbons (Fsp3) is 0.462. The number of halogens is 2. The minimum absolute atomic E-state index is 0.130. The summed E-state index contributed by atoms with van der Waals surface area (Å²) >= 11 is 0. The van der Waals surface area contributed by atoms with Crippen molar-refractivity contribution in [2.45, 2.75) is 26.1 Å². The Morgan fingerprint density at radius 3 is 2.63 bits per heavy atom. The fourth-order valence-electron chi connectivity index (χ4n) is 1.66. The van der Waals surface area contributed by atoms with Crippen molar-refractivity contribution in [1.82, 2.24) is 10.2 Å². The van der Waals surface area contributed by atoms with Crippen LogP contribution < -0.4 is 10.1 Å². The zero-order chi connectivity index (χ0) is 14.4. The number of ether oxygens (including phenoxy) is 1. The number of carbonyl (C=O) groups excluding carboxylic acids is 1. The van der Waals surface area contributed by atoms with Gasteiger partial charge in [0, 0.05) is 19.2 Å². The van der Waals surface area contributed by atoms with Crippen LogP contribution in [0.3, 0.4) is 0 Å². The van der Waals surface area contributed by atoms with Gasteiger partial charge < -0.3 is 10.1 Å². The van der Waals surface area contributed by atoms with Gasteiger partial charge in [-0.15, -0.1) is 0 Å². The van der Waals surface area contributed by atoms with Crippen molar-refractivity contribution in [3.05, 3.63) is 29.8 Å². The standard InChI is InChI=1S/C13H18F2N2O2/c1-9(12(18)16-2)17(3)8-10-6-4-5-7-11(10)19-13(14)15/h4-7,9,13H,8H2,1-3H3,(H,16,18)/t9-/m1/s1. The second kappa shape index (κ2) is 7.04. The third-order valence-corrected chi connectivity index (χ3v) is 2.90.